The van der Waals surface area contributed by atoms with Gasteiger partial charge in [0, 0.05) is 17.7 Å². The van der Waals surface area contributed by atoms with E-state index >= 15 is 0 Å². The first-order valence-corrected chi connectivity index (χ1v) is 8.08. The third-order valence-electron chi connectivity index (χ3n) is 4.76. The molecular weight excluding hydrogens is 288 g/mol. The largest absolute Gasteiger partial charge is 0.467 e. The molecule has 2 unspecified atom stereocenters. The van der Waals surface area contributed by atoms with E-state index in [1.54, 1.807) is 4.90 Å². The fourth-order valence-electron chi connectivity index (χ4n) is 3.63. The van der Waals surface area contributed by atoms with Crippen molar-refractivity contribution in [2.45, 2.75) is 38.5 Å². The van der Waals surface area contributed by atoms with Crippen LogP contribution in [0.1, 0.15) is 37.4 Å². The van der Waals surface area contributed by atoms with Crippen molar-refractivity contribution in [1.82, 2.24) is 5.32 Å². The van der Waals surface area contributed by atoms with Gasteiger partial charge in [0.2, 0.25) is 0 Å². The molecule has 23 heavy (non-hydrogen) atoms. The van der Waals surface area contributed by atoms with Gasteiger partial charge in [-0.2, -0.15) is 0 Å². The third kappa shape index (κ3) is 2.17. The van der Waals surface area contributed by atoms with Gasteiger partial charge < -0.3 is 10.1 Å². The SMILES string of the molecule is CCc1cccc(N2C(=O)NC3CC2(C)Oc2ccccc23)c1. The Morgan fingerprint density at radius 2 is 2.09 bits per heavy atom. The van der Waals surface area contributed by atoms with Crippen molar-refractivity contribution in [3.63, 3.8) is 0 Å². The Hall–Kier alpha value is -2.49. The zero-order valence-electron chi connectivity index (χ0n) is 13.4. The molecule has 2 amide bonds. The summed E-state index contributed by atoms with van der Waals surface area (Å²) in [7, 11) is 0. The Bertz CT molecular complexity index is 773. The van der Waals surface area contributed by atoms with Gasteiger partial charge in [-0.3, -0.25) is 4.90 Å². The third-order valence-corrected chi connectivity index (χ3v) is 4.76. The lowest BCUT2D eigenvalue weighted by Gasteiger charge is -2.50. The molecule has 2 aliphatic rings. The van der Waals surface area contributed by atoms with Gasteiger partial charge >= 0.3 is 6.03 Å². The van der Waals surface area contributed by atoms with E-state index in [1.807, 2.05) is 43.3 Å². The first-order valence-electron chi connectivity index (χ1n) is 8.08. The van der Waals surface area contributed by atoms with E-state index in [9.17, 15) is 4.79 Å². The highest BCUT2D eigenvalue weighted by Crippen LogP contribution is 2.45. The molecule has 4 nitrogen and oxygen atoms in total. The second-order valence-electron chi connectivity index (χ2n) is 6.38. The molecule has 2 aromatic rings. The van der Waals surface area contributed by atoms with Crippen molar-refractivity contribution in [1.29, 1.82) is 0 Å². The molecule has 1 N–H and O–H groups in total. The summed E-state index contributed by atoms with van der Waals surface area (Å²) in [6.07, 6.45) is 1.67. The molecular formula is C19H20N2O2. The number of ether oxygens (including phenoxy) is 1. The standard InChI is InChI=1S/C19H20N2O2/c1-3-13-7-6-8-14(11-13)21-18(22)20-16-12-19(21,2)23-17-10-5-4-9-15(16)17/h4-11,16H,3,12H2,1-2H3,(H,20,22). The minimum atomic E-state index is -0.673. The van der Waals surface area contributed by atoms with Gasteiger partial charge in [0.1, 0.15) is 5.75 Å². The number of anilines is 1. The van der Waals surface area contributed by atoms with Crippen molar-refractivity contribution >= 4 is 11.7 Å². The average Bonchev–Trinajstić information content (AvgIpc) is 2.54. The maximum absolute atomic E-state index is 12.8. The van der Waals surface area contributed by atoms with Crippen LogP contribution in [-0.2, 0) is 6.42 Å². The lowest BCUT2D eigenvalue weighted by Crippen LogP contribution is -2.65. The number of nitrogens with one attached hydrogen (secondary N) is 1. The van der Waals surface area contributed by atoms with Crippen molar-refractivity contribution in [3.05, 3.63) is 59.7 Å². The lowest BCUT2D eigenvalue weighted by molar-refractivity contribution is 0.0379. The lowest BCUT2D eigenvalue weighted by atomic mass is 9.90. The molecule has 0 aliphatic carbocycles. The fourth-order valence-corrected chi connectivity index (χ4v) is 3.63. The van der Waals surface area contributed by atoms with E-state index in [-0.39, 0.29) is 12.1 Å². The molecule has 2 heterocycles. The summed E-state index contributed by atoms with van der Waals surface area (Å²) < 4.78 is 6.27. The van der Waals surface area contributed by atoms with Gasteiger partial charge in [-0.1, -0.05) is 37.3 Å². The summed E-state index contributed by atoms with van der Waals surface area (Å²) in [5.74, 6) is 0.850. The van der Waals surface area contributed by atoms with E-state index in [2.05, 4.69) is 24.4 Å². The molecule has 0 saturated carbocycles. The highest BCUT2D eigenvalue weighted by molar-refractivity contribution is 5.95. The number of carbonyl (C=O) groups is 1. The maximum Gasteiger partial charge on any atom is 0.325 e. The molecule has 4 heteroatoms. The van der Waals surface area contributed by atoms with E-state index in [0.29, 0.717) is 0 Å². The Labute approximate surface area is 136 Å². The number of hydrogen-bond acceptors (Lipinski definition) is 2. The minimum absolute atomic E-state index is 0.00283. The molecule has 4 rings (SSSR count). The van der Waals surface area contributed by atoms with Crippen LogP contribution >= 0.6 is 0 Å². The molecule has 2 aromatic carbocycles. The van der Waals surface area contributed by atoms with Gasteiger partial charge in [-0.25, -0.2) is 4.79 Å². The normalized spacial score (nSPS) is 25.4. The predicted octanol–water partition coefficient (Wildman–Crippen LogP) is 4.02. The van der Waals surface area contributed by atoms with E-state index in [1.165, 1.54) is 5.56 Å². The molecule has 0 radical (unpaired) electrons. The zero-order valence-corrected chi connectivity index (χ0v) is 13.4. The van der Waals surface area contributed by atoms with Crippen molar-refractivity contribution in [3.8, 4) is 5.75 Å². The van der Waals surface area contributed by atoms with Crippen LogP contribution in [-0.4, -0.2) is 11.8 Å². The topological polar surface area (TPSA) is 41.6 Å². The summed E-state index contributed by atoms with van der Waals surface area (Å²) in [5.41, 5.74) is 2.47. The van der Waals surface area contributed by atoms with Crippen LogP contribution in [0.4, 0.5) is 10.5 Å². The van der Waals surface area contributed by atoms with E-state index < -0.39 is 5.72 Å². The predicted molar refractivity (Wildman–Crippen MR) is 89.7 cm³/mol. The fraction of sp³-hybridized carbons (Fsp3) is 0.316. The molecule has 0 spiro atoms. The first kappa shape index (κ1) is 14.1. The molecule has 2 aliphatic heterocycles. The Kier molecular flexibility index (Phi) is 3.08. The Balaban J connectivity index is 1.79. The minimum Gasteiger partial charge on any atom is -0.467 e. The van der Waals surface area contributed by atoms with E-state index in [0.717, 1.165) is 29.8 Å². The maximum atomic E-state index is 12.8. The number of benzene rings is 2. The van der Waals surface area contributed by atoms with Gasteiger partial charge in [0.25, 0.3) is 0 Å². The number of nitrogens with zero attached hydrogens (tertiary/aromatic N) is 1. The molecule has 1 fully saturated rings. The van der Waals surface area contributed by atoms with Gasteiger partial charge in [-0.15, -0.1) is 0 Å². The molecule has 0 aromatic heterocycles. The average molecular weight is 308 g/mol. The highest BCUT2D eigenvalue weighted by atomic mass is 16.5. The second-order valence-corrected chi connectivity index (χ2v) is 6.38. The number of rotatable bonds is 2. The monoisotopic (exact) mass is 308 g/mol. The molecule has 118 valence electrons. The van der Waals surface area contributed by atoms with Crippen molar-refractivity contribution < 1.29 is 9.53 Å². The Morgan fingerprint density at radius 1 is 1.26 bits per heavy atom. The number of para-hydroxylation sites is 1. The Morgan fingerprint density at radius 3 is 2.91 bits per heavy atom. The van der Waals surface area contributed by atoms with Gasteiger partial charge in [0.05, 0.1) is 6.04 Å². The summed E-state index contributed by atoms with van der Waals surface area (Å²) in [5, 5.41) is 3.12. The summed E-state index contributed by atoms with van der Waals surface area (Å²) in [6, 6.07) is 15.9. The van der Waals surface area contributed by atoms with Crippen molar-refractivity contribution in [2.75, 3.05) is 4.90 Å². The highest BCUT2D eigenvalue weighted by Gasteiger charge is 2.49. The number of hydrogen-bond donors (Lipinski definition) is 1. The number of fused-ring (bicyclic) bond motifs is 4. The van der Waals surface area contributed by atoms with Crippen LogP contribution in [0.15, 0.2) is 48.5 Å². The molecule has 1 saturated heterocycles. The molecule has 2 bridgehead atoms. The van der Waals surface area contributed by atoms with Crippen LogP contribution in [0.25, 0.3) is 0 Å². The zero-order chi connectivity index (χ0) is 16.0. The number of aryl methyl sites for hydroxylation is 1. The smallest absolute Gasteiger partial charge is 0.325 e. The van der Waals surface area contributed by atoms with Crippen molar-refractivity contribution in [2.24, 2.45) is 0 Å². The second kappa shape index (κ2) is 5.01. The van der Waals surface area contributed by atoms with Crippen LogP contribution < -0.4 is 15.0 Å². The van der Waals surface area contributed by atoms with E-state index in [4.69, 9.17) is 4.74 Å². The van der Waals surface area contributed by atoms with Crippen LogP contribution in [0.2, 0.25) is 0 Å². The van der Waals surface area contributed by atoms with Crippen LogP contribution in [0, 0.1) is 0 Å². The summed E-state index contributed by atoms with van der Waals surface area (Å²) in [6.45, 7) is 4.10. The number of urea groups is 1. The molecule has 2 atom stereocenters. The number of amides is 2. The first-order chi connectivity index (χ1) is 11.1. The number of carbonyl (C=O) groups excluding carboxylic acids is 1. The summed E-state index contributed by atoms with van der Waals surface area (Å²) in [4.78, 5) is 14.5. The van der Waals surface area contributed by atoms with Crippen LogP contribution in [0.5, 0.6) is 5.75 Å². The quantitative estimate of drug-likeness (QED) is 0.910. The summed E-state index contributed by atoms with van der Waals surface area (Å²) >= 11 is 0. The van der Waals surface area contributed by atoms with Gasteiger partial charge in [0.15, 0.2) is 5.72 Å². The van der Waals surface area contributed by atoms with Gasteiger partial charge in [-0.05, 0) is 37.1 Å². The van der Waals surface area contributed by atoms with Crippen LogP contribution in [0.3, 0.4) is 0 Å².